The van der Waals surface area contributed by atoms with Gasteiger partial charge in [-0.3, -0.25) is 9.59 Å². The summed E-state index contributed by atoms with van der Waals surface area (Å²) in [5.41, 5.74) is 6.35. The van der Waals surface area contributed by atoms with Gasteiger partial charge in [0.05, 0.1) is 12.7 Å². The molecule has 2 unspecified atom stereocenters. The van der Waals surface area contributed by atoms with Crippen LogP contribution in [0.4, 0.5) is 0 Å². The van der Waals surface area contributed by atoms with Crippen LogP contribution in [0.5, 0.6) is 0 Å². The lowest BCUT2D eigenvalue weighted by molar-refractivity contribution is -0.141. The minimum absolute atomic E-state index is 0.00803. The number of likely N-dealkylation sites (tertiary alicyclic amines) is 1. The van der Waals surface area contributed by atoms with E-state index < -0.39 is 0 Å². The van der Waals surface area contributed by atoms with E-state index in [1.54, 1.807) is 7.05 Å². The largest absolute Gasteiger partial charge is 0.378 e. The van der Waals surface area contributed by atoms with Crippen molar-refractivity contribution in [1.82, 2.24) is 10.2 Å². The molecule has 0 aromatic heterocycles. The SMILES string of the molecule is CNC(=O)CCOC1CCN(C(=O)C2CC3CCCC(C2)C3N)CC1. The Morgan fingerprint density at radius 1 is 1.12 bits per heavy atom. The molecular formula is C19H33N3O3. The van der Waals surface area contributed by atoms with Gasteiger partial charge in [-0.1, -0.05) is 6.42 Å². The molecule has 2 amide bonds. The average Bonchev–Trinajstić information content (AvgIpc) is 2.61. The Morgan fingerprint density at radius 2 is 1.76 bits per heavy atom. The predicted molar refractivity (Wildman–Crippen MR) is 95.8 cm³/mol. The second kappa shape index (κ2) is 8.49. The molecule has 6 nitrogen and oxygen atoms in total. The van der Waals surface area contributed by atoms with Crippen LogP contribution in [-0.4, -0.2) is 55.6 Å². The Hall–Kier alpha value is -1.14. The lowest BCUT2D eigenvalue weighted by atomic mass is 9.65. The maximum Gasteiger partial charge on any atom is 0.225 e. The van der Waals surface area contributed by atoms with Crippen molar-refractivity contribution in [3.63, 3.8) is 0 Å². The number of nitrogens with two attached hydrogens (primary N) is 1. The highest BCUT2D eigenvalue weighted by atomic mass is 16.5. The van der Waals surface area contributed by atoms with Crippen molar-refractivity contribution in [3.05, 3.63) is 0 Å². The average molecular weight is 351 g/mol. The lowest BCUT2D eigenvalue weighted by Gasteiger charge is -2.45. The minimum Gasteiger partial charge on any atom is -0.378 e. The highest BCUT2D eigenvalue weighted by Gasteiger charge is 2.42. The number of nitrogens with one attached hydrogen (secondary N) is 1. The summed E-state index contributed by atoms with van der Waals surface area (Å²) in [7, 11) is 1.64. The van der Waals surface area contributed by atoms with E-state index in [0.29, 0.717) is 36.8 Å². The number of rotatable bonds is 5. The number of carbonyl (C=O) groups is 2. The van der Waals surface area contributed by atoms with Crippen molar-refractivity contribution in [2.24, 2.45) is 23.5 Å². The van der Waals surface area contributed by atoms with E-state index in [1.807, 2.05) is 4.90 Å². The number of hydrogen-bond donors (Lipinski definition) is 2. The van der Waals surface area contributed by atoms with Crippen molar-refractivity contribution >= 4 is 11.8 Å². The third kappa shape index (κ3) is 4.53. The van der Waals surface area contributed by atoms with Crippen molar-refractivity contribution in [2.45, 2.75) is 63.5 Å². The molecule has 2 bridgehead atoms. The van der Waals surface area contributed by atoms with E-state index in [0.717, 1.165) is 38.8 Å². The number of hydrogen-bond acceptors (Lipinski definition) is 4. The molecular weight excluding hydrogens is 318 g/mol. The van der Waals surface area contributed by atoms with Crippen LogP contribution in [0.3, 0.4) is 0 Å². The molecule has 0 radical (unpaired) electrons. The van der Waals surface area contributed by atoms with Gasteiger partial charge in [0.15, 0.2) is 0 Å². The van der Waals surface area contributed by atoms with Gasteiger partial charge < -0.3 is 20.7 Å². The molecule has 3 aliphatic rings. The first-order valence-corrected chi connectivity index (χ1v) is 9.95. The second-order valence-electron chi connectivity index (χ2n) is 8.02. The Kier molecular flexibility index (Phi) is 6.34. The fourth-order valence-corrected chi connectivity index (χ4v) is 4.94. The van der Waals surface area contributed by atoms with Gasteiger partial charge in [-0.15, -0.1) is 0 Å². The molecule has 142 valence electrons. The van der Waals surface area contributed by atoms with Gasteiger partial charge in [0, 0.05) is 38.5 Å². The fraction of sp³-hybridized carbons (Fsp3) is 0.895. The van der Waals surface area contributed by atoms with Crippen molar-refractivity contribution in [3.8, 4) is 0 Å². The highest BCUT2D eigenvalue weighted by molar-refractivity contribution is 5.79. The molecule has 1 heterocycles. The maximum absolute atomic E-state index is 12.9. The minimum atomic E-state index is 0.00803. The van der Waals surface area contributed by atoms with Gasteiger partial charge >= 0.3 is 0 Å². The molecule has 3 N–H and O–H groups in total. The van der Waals surface area contributed by atoms with Gasteiger partial charge in [0.2, 0.25) is 11.8 Å². The second-order valence-corrected chi connectivity index (χ2v) is 8.02. The van der Waals surface area contributed by atoms with Crippen molar-refractivity contribution in [2.75, 3.05) is 26.7 Å². The zero-order chi connectivity index (χ0) is 17.8. The lowest BCUT2D eigenvalue weighted by Crippen LogP contribution is -2.51. The third-order valence-corrected chi connectivity index (χ3v) is 6.48. The molecule has 1 saturated heterocycles. The van der Waals surface area contributed by atoms with Crippen molar-refractivity contribution < 1.29 is 14.3 Å². The summed E-state index contributed by atoms with van der Waals surface area (Å²) >= 11 is 0. The Balaban J connectivity index is 1.42. The van der Waals surface area contributed by atoms with E-state index in [1.165, 1.54) is 19.3 Å². The van der Waals surface area contributed by atoms with Crippen LogP contribution in [0, 0.1) is 17.8 Å². The van der Waals surface area contributed by atoms with Crippen LogP contribution < -0.4 is 11.1 Å². The first-order valence-electron chi connectivity index (χ1n) is 9.95. The number of nitrogens with zero attached hydrogens (tertiary/aromatic N) is 1. The predicted octanol–water partition coefficient (Wildman–Crippen LogP) is 1.28. The van der Waals surface area contributed by atoms with E-state index in [-0.39, 0.29) is 17.9 Å². The molecule has 25 heavy (non-hydrogen) atoms. The van der Waals surface area contributed by atoms with Crippen molar-refractivity contribution in [1.29, 1.82) is 0 Å². The molecule has 3 rings (SSSR count). The molecule has 2 aliphatic carbocycles. The summed E-state index contributed by atoms with van der Waals surface area (Å²) in [6, 6.07) is 0.317. The zero-order valence-electron chi connectivity index (χ0n) is 15.4. The highest BCUT2D eigenvalue weighted by Crippen LogP contribution is 2.42. The first-order chi connectivity index (χ1) is 12.1. The van der Waals surface area contributed by atoms with Gasteiger partial charge in [0.1, 0.15) is 0 Å². The molecule has 2 atom stereocenters. The zero-order valence-corrected chi connectivity index (χ0v) is 15.4. The molecule has 2 saturated carbocycles. The van der Waals surface area contributed by atoms with E-state index in [9.17, 15) is 9.59 Å². The Labute approximate surface area is 150 Å². The number of piperidine rings is 1. The van der Waals surface area contributed by atoms with Crippen LogP contribution in [0.1, 0.15) is 51.4 Å². The van der Waals surface area contributed by atoms with Crippen LogP contribution in [0.15, 0.2) is 0 Å². The van der Waals surface area contributed by atoms with E-state index in [4.69, 9.17) is 10.5 Å². The molecule has 0 aromatic rings. The van der Waals surface area contributed by atoms with E-state index >= 15 is 0 Å². The molecule has 6 heteroatoms. The monoisotopic (exact) mass is 351 g/mol. The first kappa shape index (κ1) is 18.6. The van der Waals surface area contributed by atoms with E-state index in [2.05, 4.69) is 5.32 Å². The number of carbonyl (C=O) groups excluding carboxylic acids is 2. The third-order valence-electron chi connectivity index (χ3n) is 6.48. The molecule has 0 spiro atoms. The maximum atomic E-state index is 12.9. The summed E-state index contributed by atoms with van der Waals surface area (Å²) in [5, 5.41) is 2.60. The van der Waals surface area contributed by atoms with Crippen LogP contribution in [0.25, 0.3) is 0 Å². The molecule has 1 aliphatic heterocycles. The summed E-state index contributed by atoms with van der Waals surface area (Å²) in [6.45, 7) is 2.02. The topological polar surface area (TPSA) is 84.7 Å². The number of ether oxygens (including phenoxy) is 1. The summed E-state index contributed by atoms with van der Waals surface area (Å²) in [5.74, 6) is 1.63. The molecule has 3 fully saturated rings. The Bertz CT molecular complexity index is 463. The summed E-state index contributed by atoms with van der Waals surface area (Å²) in [6.07, 6.45) is 7.97. The fourth-order valence-electron chi connectivity index (χ4n) is 4.94. The standard InChI is InChI=1S/C19H33N3O3/c1-21-17(23)7-10-25-16-5-8-22(9-6-16)19(24)15-11-13-3-2-4-14(12-15)18(13)20/h13-16,18H,2-12,20H2,1H3,(H,21,23). The van der Waals surface area contributed by atoms with Gasteiger partial charge in [-0.2, -0.15) is 0 Å². The van der Waals surface area contributed by atoms with Gasteiger partial charge in [-0.05, 0) is 50.4 Å². The van der Waals surface area contributed by atoms with Crippen LogP contribution >= 0.6 is 0 Å². The van der Waals surface area contributed by atoms with Gasteiger partial charge in [0.25, 0.3) is 0 Å². The van der Waals surface area contributed by atoms with Crippen LogP contribution in [0.2, 0.25) is 0 Å². The summed E-state index contributed by atoms with van der Waals surface area (Å²) in [4.78, 5) is 26.2. The Morgan fingerprint density at radius 3 is 2.36 bits per heavy atom. The number of fused-ring (bicyclic) bond motifs is 2. The number of amides is 2. The molecule has 0 aromatic carbocycles. The summed E-state index contributed by atoms with van der Waals surface area (Å²) < 4.78 is 5.79. The quantitative estimate of drug-likeness (QED) is 0.781. The van der Waals surface area contributed by atoms with Crippen LogP contribution in [-0.2, 0) is 14.3 Å². The van der Waals surface area contributed by atoms with Gasteiger partial charge in [-0.25, -0.2) is 0 Å². The normalized spacial score (nSPS) is 33.1. The smallest absolute Gasteiger partial charge is 0.225 e.